The largest absolute Gasteiger partial charge is 0.478 e. The van der Waals surface area contributed by atoms with E-state index in [4.69, 9.17) is 51.5 Å². The number of anilines is 2. The van der Waals surface area contributed by atoms with Gasteiger partial charge < -0.3 is 20.8 Å². The lowest BCUT2D eigenvalue weighted by Gasteiger charge is -2.14. The molecule has 0 saturated heterocycles. The Kier molecular flexibility index (Phi) is 9.10. The molecule has 4 N–H and O–H groups in total. The fourth-order valence-corrected chi connectivity index (χ4v) is 4.72. The molecule has 36 heavy (non-hydrogen) atoms. The number of benzene rings is 3. The van der Waals surface area contributed by atoms with Crippen LogP contribution in [0.25, 0.3) is 0 Å². The van der Waals surface area contributed by atoms with Crippen LogP contribution in [0.3, 0.4) is 0 Å². The van der Waals surface area contributed by atoms with Crippen LogP contribution in [0.5, 0.6) is 0 Å². The first-order chi connectivity index (χ1) is 17.0. The molecule has 0 aromatic heterocycles. The average molecular weight is 588 g/mol. The Labute approximate surface area is 228 Å². The van der Waals surface area contributed by atoms with E-state index in [1.54, 1.807) is 24.3 Å². The number of nitrogens with one attached hydrogen (secondary N) is 2. The van der Waals surface area contributed by atoms with Crippen LogP contribution < -0.4 is 10.6 Å². The van der Waals surface area contributed by atoms with Gasteiger partial charge in [0.15, 0.2) is 0 Å². The first-order valence-corrected chi connectivity index (χ1v) is 12.3. The number of hydrogen-bond donors (Lipinski definition) is 4. The summed E-state index contributed by atoms with van der Waals surface area (Å²) in [6.07, 6.45) is 0. The summed E-state index contributed by atoms with van der Waals surface area (Å²) < 4.78 is 0. The second-order valence-electron chi connectivity index (χ2n) is 7.01. The summed E-state index contributed by atoms with van der Waals surface area (Å²) in [7, 11) is 0. The first kappa shape index (κ1) is 27.6. The number of amides is 2. The Morgan fingerprint density at radius 1 is 0.722 bits per heavy atom. The lowest BCUT2D eigenvalue weighted by Crippen LogP contribution is -2.18. The highest BCUT2D eigenvalue weighted by atomic mass is 35.5. The van der Waals surface area contributed by atoms with E-state index in [1.807, 2.05) is 0 Å². The average Bonchev–Trinajstić information content (AvgIpc) is 2.83. The van der Waals surface area contributed by atoms with E-state index in [-0.39, 0.29) is 32.3 Å². The molecule has 186 valence electrons. The summed E-state index contributed by atoms with van der Waals surface area (Å²) in [6.45, 7) is 0. The van der Waals surface area contributed by atoms with Gasteiger partial charge in [-0.3, -0.25) is 9.59 Å². The smallest absolute Gasteiger partial charge is 0.338 e. The van der Waals surface area contributed by atoms with Crippen molar-refractivity contribution < 1.29 is 29.4 Å². The molecule has 3 aromatic carbocycles. The molecule has 0 atom stereocenters. The zero-order valence-corrected chi connectivity index (χ0v) is 21.6. The monoisotopic (exact) mass is 586 g/mol. The summed E-state index contributed by atoms with van der Waals surface area (Å²) in [5, 5.41) is 22.3. The molecule has 0 aliphatic carbocycles. The predicted molar refractivity (Wildman–Crippen MR) is 141 cm³/mol. The van der Waals surface area contributed by atoms with Crippen LogP contribution in [-0.4, -0.2) is 39.7 Å². The second kappa shape index (κ2) is 11.9. The first-order valence-electron chi connectivity index (χ1n) is 9.76. The van der Waals surface area contributed by atoms with Crippen LogP contribution in [0.15, 0.2) is 53.4 Å². The third kappa shape index (κ3) is 6.43. The van der Waals surface area contributed by atoms with Crippen molar-refractivity contribution in [3.63, 3.8) is 0 Å². The van der Waals surface area contributed by atoms with Crippen LogP contribution in [0.4, 0.5) is 11.4 Å². The van der Waals surface area contributed by atoms with Crippen molar-refractivity contribution in [2.24, 2.45) is 0 Å². The molecule has 0 bridgehead atoms. The zero-order valence-electron chi connectivity index (χ0n) is 17.8. The summed E-state index contributed by atoms with van der Waals surface area (Å²) >= 11 is 25.2. The van der Waals surface area contributed by atoms with Gasteiger partial charge >= 0.3 is 11.9 Å². The van der Waals surface area contributed by atoms with Crippen molar-refractivity contribution in [2.45, 2.75) is 4.90 Å². The molecule has 2 amide bonds. The number of rotatable bonds is 8. The molecule has 13 heteroatoms. The molecule has 0 saturated carbocycles. The minimum absolute atomic E-state index is 0.0233. The summed E-state index contributed by atoms with van der Waals surface area (Å²) in [5.74, 6) is -3.77. The quantitative estimate of drug-likeness (QED) is 0.131. The van der Waals surface area contributed by atoms with E-state index in [1.165, 1.54) is 36.0 Å². The van der Waals surface area contributed by atoms with Gasteiger partial charge in [0.2, 0.25) is 5.91 Å². The van der Waals surface area contributed by atoms with Gasteiger partial charge in [0.1, 0.15) is 0 Å². The van der Waals surface area contributed by atoms with Crippen molar-refractivity contribution >= 4 is 93.3 Å². The maximum absolute atomic E-state index is 12.9. The lowest BCUT2D eigenvalue weighted by atomic mass is 10.1. The topological polar surface area (TPSA) is 133 Å². The van der Waals surface area contributed by atoms with E-state index in [9.17, 15) is 24.3 Å². The molecule has 3 rings (SSSR count). The van der Waals surface area contributed by atoms with E-state index in [0.717, 1.165) is 0 Å². The second-order valence-corrected chi connectivity index (χ2v) is 9.57. The van der Waals surface area contributed by atoms with Crippen LogP contribution in [-0.2, 0) is 4.79 Å². The zero-order chi connectivity index (χ0) is 26.6. The van der Waals surface area contributed by atoms with E-state index in [2.05, 4.69) is 10.6 Å². The minimum Gasteiger partial charge on any atom is -0.478 e. The molecule has 0 heterocycles. The van der Waals surface area contributed by atoms with E-state index in [0.29, 0.717) is 16.3 Å². The van der Waals surface area contributed by atoms with Crippen LogP contribution in [0, 0.1) is 0 Å². The van der Waals surface area contributed by atoms with Gasteiger partial charge in [-0.25, -0.2) is 9.59 Å². The molecule has 3 aromatic rings. The summed E-state index contributed by atoms with van der Waals surface area (Å²) in [5.41, 5.74) is -0.203. The van der Waals surface area contributed by atoms with Gasteiger partial charge in [0.05, 0.1) is 42.5 Å². The van der Waals surface area contributed by atoms with Crippen molar-refractivity contribution in [3.05, 3.63) is 85.3 Å². The highest BCUT2D eigenvalue weighted by molar-refractivity contribution is 8.00. The van der Waals surface area contributed by atoms with Gasteiger partial charge in [0, 0.05) is 16.3 Å². The minimum atomic E-state index is -1.52. The molecule has 8 nitrogen and oxygen atoms in total. The molecule has 0 radical (unpaired) electrons. The SMILES string of the molecule is O=C(CSc1cccc(NC(=O)c2c(Cl)c(Cl)c(Cl)c(Cl)c2C(=O)O)c1)Nc1ccc(C(=O)O)cc1. The number of carboxylic acids is 2. The van der Waals surface area contributed by atoms with Crippen molar-refractivity contribution in [2.75, 3.05) is 16.4 Å². The third-order valence-electron chi connectivity index (χ3n) is 4.59. The van der Waals surface area contributed by atoms with Crippen molar-refractivity contribution in [3.8, 4) is 0 Å². The number of halogens is 4. The molecular formula is C23H14Cl4N2O6S. The van der Waals surface area contributed by atoms with Gasteiger partial charge in [-0.1, -0.05) is 52.5 Å². The van der Waals surface area contributed by atoms with Gasteiger partial charge in [-0.05, 0) is 42.5 Å². The molecule has 0 spiro atoms. The molecule has 0 aliphatic heterocycles. The number of aromatic carboxylic acids is 2. The Morgan fingerprint density at radius 2 is 1.33 bits per heavy atom. The predicted octanol–water partition coefficient (Wildman–Crippen LogP) is 6.68. The van der Waals surface area contributed by atoms with E-state index >= 15 is 0 Å². The standard InChI is InChI=1S/C23H14Cl4N2O6S/c24-17-15(16(23(34)35)18(25)20(27)19(17)26)21(31)29-12-2-1-3-13(8-12)36-9-14(30)28-11-6-4-10(5-7-11)22(32)33/h1-8H,9H2,(H,28,30)(H,29,31)(H,32,33)(H,34,35). The van der Waals surface area contributed by atoms with Crippen molar-refractivity contribution in [1.82, 2.24) is 0 Å². The lowest BCUT2D eigenvalue weighted by molar-refractivity contribution is -0.113. The summed E-state index contributed by atoms with van der Waals surface area (Å²) in [4.78, 5) is 48.4. The van der Waals surface area contributed by atoms with Crippen molar-refractivity contribution in [1.29, 1.82) is 0 Å². The highest BCUT2D eigenvalue weighted by Crippen LogP contribution is 2.41. The van der Waals surface area contributed by atoms with Gasteiger partial charge in [0.25, 0.3) is 5.91 Å². The van der Waals surface area contributed by atoms with Crippen LogP contribution in [0.1, 0.15) is 31.1 Å². The maximum atomic E-state index is 12.9. The van der Waals surface area contributed by atoms with Crippen LogP contribution >= 0.6 is 58.2 Å². The van der Waals surface area contributed by atoms with Crippen LogP contribution in [0.2, 0.25) is 20.1 Å². The Bertz CT molecular complexity index is 1380. The molecule has 0 fully saturated rings. The number of carbonyl (C=O) groups excluding carboxylic acids is 2. The Hall–Kier alpha value is -2.95. The number of carbonyl (C=O) groups is 4. The normalized spacial score (nSPS) is 10.6. The van der Waals surface area contributed by atoms with E-state index < -0.39 is 34.0 Å². The number of thioether (sulfide) groups is 1. The Morgan fingerprint density at radius 3 is 1.92 bits per heavy atom. The van der Waals surface area contributed by atoms with Gasteiger partial charge in [-0.2, -0.15) is 0 Å². The fraction of sp³-hybridized carbons (Fsp3) is 0.0435. The fourth-order valence-electron chi connectivity index (χ4n) is 2.95. The third-order valence-corrected chi connectivity index (χ3v) is 7.38. The van der Waals surface area contributed by atoms with Gasteiger partial charge in [-0.15, -0.1) is 11.8 Å². The maximum Gasteiger partial charge on any atom is 0.338 e. The Balaban J connectivity index is 1.70. The number of carboxylic acid groups (broad SMARTS) is 2. The molecule has 0 aliphatic rings. The molecule has 0 unspecified atom stereocenters. The molecular weight excluding hydrogens is 574 g/mol. The number of hydrogen-bond acceptors (Lipinski definition) is 5. The summed E-state index contributed by atoms with van der Waals surface area (Å²) in [6, 6.07) is 12.2. The highest BCUT2D eigenvalue weighted by Gasteiger charge is 2.29.